The van der Waals surface area contributed by atoms with Crippen LogP contribution in [0.5, 0.6) is 5.75 Å². The zero-order valence-electron chi connectivity index (χ0n) is 20.2. The molecule has 0 heterocycles. The Hall–Kier alpha value is -0.740. The molecule has 172 valence electrons. The minimum absolute atomic E-state index is 0.320. The molecule has 0 N–H and O–H groups in total. The summed E-state index contributed by atoms with van der Waals surface area (Å²) >= 11 is 0. The summed E-state index contributed by atoms with van der Waals surface area (Å²) in [4.78, 5) is 0. The largest absolute Gasteiger partial charge is 0.444 e. The van der Waals surface area contributed by atoms with Crippen molar-refractivity contribution in [1.82, 2.24) is 9.34 Å². The van der Waals surface area contributed by atoms with E-state index >= 15 is 0 Å². The molecule has 8 heteroatoms. The zero-order valence-corrected chi connectivity index (χ0v) is 22.0. The molecule has 0 saturated carbocycles. The van der Waals surface area contributed by atoms with Crippen LogP contribution in [0.3, 0.4) is 0 Å². The van der Waals surface area contributed by atoms with Crippen LogP contribution in [0.2, 0.25) is 0 Å². The van der Waals surface area contributed by atoms with Gasteiger partial charge < -0.3 is 13.6 Å². The van der Waals surface area contributed by atoms with E-state index in [0.717, 1.165) is 11.3 Å². The van der Waals surface area contributed by atoms with E-state index in [1.165, 1.54) is 20.0 Å². The molecule has 0 aliphatic rings. The van der Waals surface area contributed by atoms with Gasteiger partial charge >= 0.3 is 7.60 Å². The molecule has 1 aromatic rings. The lowest BCUT2D eigenvalue weighted by Crippen LogP contribution is -2.44. The Labute approximate surface area is 185 Å². The highest BCUT2D eigenvalue weighted by Crippen LogP contribution is 2.52. The smallest absolute Gasteiger partial charge is 0.353 e. The first-order chi connectivity index (χ1) is 14.0. The van der Waals surface area contributed by atoms with Gasteiger partial charge in [0.2, 0.25) is 8.45 Å². The lowest BCUT2D eigenvalue weighted by Gasteiger charge is -2.45. The van der Waals surface area contributed by atoms with Crippen molar-refractivity contribution >= 4 is 22.1 Å². The van der Waals surface area contributed by atoms with Gasteiger partial charge in [-0.2, -0.15) is 0 Å². The fourth-order valence-electron chi connectivity index (χ4n) is 3.35. The molecule has 0 saturated heterocycles. The molecule has 0 fully saturated rings. The molecule has 0 radical (unpaired) electrons. The molecule has 0 aromatic heterocycles. The molecule has 1 rings (SSSR count). The summed E-state index contributed by atoms with van der Waals surface area (Å²) in [7, 11) is -1.58. The second-order valence-electron chi connectivity index (χ2n) is 8.24. The first-order valence-corrected chi connectivity index (χ1v) is 13.3. The second kappa shape index (κ2) is 12.3. The van der Waals surface area contributed by atoms with E-state index in [4.69, 9.17) is 13.6 Å². The van der Waals surface area contributed by atoms with Gasteiger partial charge in [0.15, 0.2) is 0 Å². The molecule has 0 aliphatic carbocycles. The Bertz CT molecular complexity index is 679. The predicted octanol–water partition coefficient (Wildman–Crippen LogP) is 6.99. The molecule has 0 bridgehead atoms. The Morgan fingerprint density at radius 3 is 1.67 bits per heavy atom. The number of benzene rings is 1. The van der Waals surface area contributed by atoms with E-state index < -0.39 is 16.0 Å². The average Bonchev–Trinajstić information content (AvgIpc) is 2.65. The summed E-state index contributed by atoms with van der Waals surface area (Å²) in [6.45, 7) is 17.6. The summed E-state index contributed by atoms with van der Waals surface area (Å²) in [5.74, 6) is 2.22. The first-order valence-electron chi connectivity index (χ1n) is 10.5. The van der Waals surface area contributed by atoms with Crippen LogP contribution in [0.1, 0.15) is 61.0 Å². The molecule has 0 spiro atoms. The van der Waals surface area contributed by atoms with Gasteiger partial charge in [-0.15, -0.1) is 0 Å². The van der Waals surface area contributed by atoms with Crippen LogP contribution in [0.15, 0.2) is 30.1 Å². The molecule has 30 heavy (non-hydrogen) atoms. The van der Waals surface area contributed by atoms with Gasteiger partial charge in [-0.05, 0) is 67.5 Å². The number of para-hydroxylation sites is 1. The number of hydrogen-bond acceptors (Lipinski definition) is 6. The van der Waals surface area contributed by atoms with Crippen molar-refractivity contribution in [2.24, 2.45) is 0 Å². The third-order valence-electron chi connectivity index (χ3n) is 4.56. The maximum absolute atomic E-state index is 12.4. The number of nitrogens with zero attached hydrogens (tertiary/aromatic N) is 2. The van der Waals surface area contributed by atoms with E-state index in [-0.39, 0.29) is 0 Å². The normalized spacial score (nSPS) is 13.4. The summed E-state index contributed by atoms with van der Waals surface area (Å²) in [6, 6.07) is 9.07. The van der Waals surface area contributed by atoms with Gasteiger partial charge in [0.05, 0.1) is 0 Å². The summed E-state index contributed by atoms with van der Waals surface area (Å²) in [5.41, 5.74) is 0.833. The van der Waals surface area contributed by atoms with Crippen LogP contribution in [0.25, 0.3) is 6.08 Å². The van der Waals surface area contributed by atoms with Gasteiger partial charge in [-0.3, -0.25) is 4.57 Å². The second-order valence-corrected chi connectivity index (χ2v) is 12.0. The number of rotatable bonds is 12. The van der Waals surface area contributed by atoms with Gasteiger partial charge in [0, 0.05) is 49.8 Å². The van der Waals surface area contributed by atoms with Gasteiger partial charge in [0.1, 0.15) is 5.75 Å². The molecular formula is C22H40N2O4P2. The quantitative estimate of drug-likeness (QED) is 0.315. The fraction of sp³-hybridized carbons (Fsp3) is 0.636. The SMILES string of the molecule is COP(=O)(/C=C/c1ccccc1OP(N(C(C)C)C(C)C)N(C(C)C)C(C)C)OC. The highest BCUT2D eigenvalue weighted by molar-refractivity contribution is 7.57. The molecule has 0 aliphatic heterocycles. The van der Waals surface area contributed by atoms with Crippen LogP contribution in [-0.4, -0.2) is 47.7 Å². The van der Waals surface area contributed by atoms with Crippen molar-refractivity contribution in [2.45, 2.75) is 79.6 Å². The fourth-order valence-corrected chi connectivity index (χ4v) is 6.44. The van der Waals surface area contributed by atoms with E-state index in [1.807, 2.05) is 24.3 Å². The van der Waals surface area contributed by atoms with E-state index in [9.17, 15) is 4.57 Å². The van der Waals surface area contributed by atoms with E-state index in [2.05, 4.69) is 64.7 Å². The maximum Gasteiger partial charge on any atom is 0.353 e. The summed E-state index contributed by atoms with van der Waals surface area (Å²) in [6.07, 6.45) is 1.75. The Morgan fingerprint density at radius 1 is 0.833 bits per heavy atom. The predicted molar refractivity (Wildman–Crippen MR) is 129 cm³/mol. The molecule has 0 unspecified atom stereocenters. The topological polar surface area (TPSA) is 51.2 Å². The van der Waals surface area contributed by atoms with Crippen LogP contribution >= 0.6 is 16.0 Å². The Balaban J connectivity index is 3.43. The van der Waals surface area contributed by atoms with Crippen LogP contribution in [0.4, 0.5) is 0 Å². The van der Waals surface area contributed by atoms with Crippen LogP contribution in [-0.2, 0) is 13.6 Å². The van der Waals surface area contributed by atoms with E-state index in [0.29, 0.717) is 24.2 Å². The van der Waals surface area contributed by atoms with Gasteiger partial charge in [-0.25, -0.2) is 9.34 Å². The van der Waals surface area contributed by atoms with Crippen molar-refractivity contribution in [3.05, 3.63) is 35.6 Å². The number of hydrogen-bond donors (Lipinski definition) is 0. The van der Waals surface area contributed by atoms with Crippen LogP contribution in [0, 0.1) is 0 Å². The first kappa shape index (κ1) is 27.3. The lowest BCUT2D eigenvalue weighted by molar-refractivity contribution is 0.225. The Kier molecular flexibility index (Phi) is 11.2. The molecule has 0 amide bonds. The highest BCUT2D eigenvalue weighted by atomic mass is 31.2. The van der Waals surface area contributed by atoms with Crippen molar-refractivity contribution < 1.29 is 18.1 Å². The van der Waals surface area contributed by atoms with Gasteiger partial charge in [-0.1, -0.05) is 18.2 Å². The summed E-state index contributed by atoms with van der Waals surface area (Å²) < 4.78 is 34.1. The molecular weight excluding hydrogens is 418 g/mol. The van der Waals surface area contributed by atoms with Crippen molar-refractivity contribution in [1.29, 1.82) is 0 Å². The lowest BCUT2D eigenvalue weighted by atomic mass is 10.2. The van der Waals surface area contributed by atoms with Crippen molar-refractivity contribution in [3.8, 4) is 5.75 Å². The van der Waals surface area contributed by atoms with E-state index in [1.54, 1.807) is 6.08 Å². The molecule has 1 aromatic carbocycles. The Morgan fingerprint density at radius 2 is 1.27 bits per heavy atom. The van der Waals surface area contributed by atoms with Crippen LogP contribution < -0.4 is 4.52 Å². The minimum atomic E-state index is -3.25. The highest BCUT2D eigenvalue weighted by Gasteiger charge is 2.36. The average molecular weight is 459 g/mol. The van der Waals surface area contributed by atoms with Crippen molar-refractivity contribution in [2.75, 3.05) is 14.2 Å². The standard InChI is InChI=1S/C22H40N2O4P2/c1-17(2)23(18(3)4)29(24(19(5)6)20(7)8)28-22-14-12-11-13-21(22)15-16-30(25,26-9)27-10/h11-20H,1-10H3/b16-15+. The molecule has 6 nitrogen and oxygen atoms in total. The van der Waals surface area contributed by atoms with Crippen molar-refractivity contribution in [3.63, 3.8) is 0 Å². The third-order valence-corrected chi connectivity index (χ3v) is 9.09. The zero-order chi connectivity index (χ0) is 23.1. The summed E-state index contributed by atoms with van der Waals surface area (Å²) in [5, 5.41) is 0. The third kappa shape index (κ3) is 7.44. The maximum atomic E-state index is 12.4. The minimum Gasteiger partial charge on any atom is -0.444 e. The molecule has 0 atom stereocenters. The van der Waals surface area contributed by atoms with Gasteiger partial charge in [0.25, 0.3) is 0 Å². The monoisotopic (exact) mass is 458 g/mol.